The number of rotatable bonds is 6. The molecule has 2 N–H and O–H groups in total. The van der Waals surface area contributed by atoms with E-state index in [0.29, 0.717) is 30.6 Å². The summed E-state index contributed by atoms with van der Waals surface area (Å²) in [7, 11) is 1.88. The monoisotopic (exact) mass is 531 g/mol. The van der Waals surface area contributed by atoms with Crippen LogP contribution in [0.3, 0.4) is 0 Å². The van der Waals surface area contributed by atoms with Crippen LogP contribution in [0, 0.1) is 11.8 Å². The molecule has 0 spiro atoms. The molecule has 0 unspecified atom stereocenters. The van der Waals surface area contributed by atoms with Gasteiger partial charge in [-0.15, -0.1) is 0 Å². The first-order chi connectivity index (χ1) is 19.5. The fraction of sp³-hybridized carbons (Fsp3) is 0.300. The smallest absolute Gasteiger partial charge is 0.169 e. The first kappa shape index (κ1) is 24.3. The number of anilines is 1. The Balaban J connectivity index is 1.32. The number of likely N-dealkylation sites (tertiary alicyclic amines) is 1. The summed E-state index contributed by atoms with van der Waals surface area (Å²) in [4.78, 5) is 23.3. The molecule has 1 saturated heterocycles. The summed E-state index contributed by atoms with van der Waals surface area (Å²) >= 11 is 0. The van der Waals surface area contributed by atoms with Gasteiger partial charge in [-0.05, 0) is 55.5 Å². The largest absolute Gasteiger partial charge is 0.383 e. The second-order valence-electron chi connectivity index (χ2n) is 10.6. The first-order valence-corrected chi connectivity index (χ1v) is 13.5. The minimum absolute atomic E-state index is 0.0130. The minimum atomic E-state index is 0.0130. The Bertz CT molecular complexity index is 1860. The lowest BCUT2D eigenvalue weighted by atomic mass is 10.1. The van der Waals surface area contributed by atoms with Gasteiger partial charge >= 0.3 is 0 Å². The lowest BCUT2D eigenvalue weighted by molar-refractivity contribution is -0.115. The van der Waals surface area contributed by atoms with Crippen LogP contribution in [0.5, 0.6) is 0 Å². The van der Waals surface area contributed by atoms with Crippen LogP contribution in [0.25, 0.3) is 33.2 Å². The summed E-state index contributed by atoms with van der Waals surface area (Å²) in [5, 5.41) is 10.4. The fourth-order valence-corrected chi connectivity index (χ4v) is 5.62. The number of ketones is 1. The molecule has 200 valence electrons. The number of nitrogen functional groups attached to an aromatic ring is 1. The Kier molecular flexibility index (Phi) is 5.75. The van der Waals surface area contributed by atoms with E-state index in [9.17, 15) is 4.79 Å². The number of pyridine rings is 1. The highest BCUT2D eigenvalue weighted by Gasteiger charge is 2.30. The van der Waals surface area contributed by atoms with Crippen LogP contribution in [-0.4, -0.2) is 64.4 Å². The lowest BCUT2D eigenvalue weighted by Gasteiger charge is -2.16. The van der Waals surface area contributed by atoms with Crippen molar-refractivity contribution in [2.45, 2.75) is 31.3 Å². The number of hydrogen-bond donors (Lipinski definition) is 1. The van der Waals surface area contributed by atoms with Crippen molar-refractivity contribution >= 4 is 33.5 Å². The number of carbonyl (C=O) groups is 1. The average molecular weight is 532 g/mol. The molecule has 10 nitrogen and oxygen atoms in total. The van der Waals surface area contributed by atoms with Crippen molar-refractivity contribution in [1.82, 2.24) is 39.0 Å². The van der Waals surface area contributed by atoms with E-state index < -0.39 is 0 Å². The Morgan fingerprint density at radius 3 is 2.80 bits per heavy atom. The van der Waals surface area contributed by atoms with Gasteiger partial charge in [0, 0.05) is 49.7 Å². The average Bonchev–Trinajstić information content (AvgIpc) is 3.29. The van der Waals surface area contributed by atoms with Gasteiger partial charge in [-0.2, -0.15) is 10.2 Å². The zero-order chi connectivity index (χ0) is 27.4. The maximum absolute atomic E-state index is 12.0. The van der Waals surface area contributed by atoms with E-state index in [-0.39, 0.29) is 11.8 Å². The molecule has 4 aromatic heterocycles. The van der Waals surface area contributed by atoms with Crippen molar-refractivity contribution in [2.24, 2.45) is 7.05 Å². The van der Waals surface area contributed by atoms with Crippen molar-refractivity contribution < 1.29 is 4.79 Å². The van der Waals surface area contributed by atoms with Gasteiger partial charge in [0.05, 0.1) is 46.5 Å². The van der Waals surface area contributed by atoms with Gasteiger partial charge in [0.2, 0.25) is 0 Å². The van der Waals surface area contributed by atoms with Crippen LogP contribution in [-0.2, 0) is 11.8 Å². The maximum Gasteiger partial charge on any atom is 0.169 e. The number of hydrogen-bond acceptors (Lipinski definition) is 7. The number of aromatic nitrogens is 7. The van der Waals surface area contributed by atoms with E-state index in [4.69, 9.17) is 10.8 Å². The molecule has 40 heavy (non-hydrogen) atoms. The molecule has 1 aliphatic carbocycles. The van der Waals surface area contributed by atoms with Crippen molar-refractivity contribution in [3.05, 3.63) is 66.9 Å². The molecular weight excluding hydrogens is 502 g/mol. The molecule has 0 radical (unpaired) electrons. The second kappa shape index (κ2) is 9.47. The second-order valence-corrected chi connectivity index (χ2v) is 10.6. The summed E-state index contributed by atoms with van der Waals surface area (Å²) in [5.41, 5.74) is 12.5. The molecular formula is C30H29N9O. The number of aryl methyl sites for hydroxylation is 1. The van der Waals surface area contributed by atoms with Gasteiger partial charge in [-0.1, -0.05) is 12.5 Å². The fourth-order valence-electron chi connectivity index (χ4n) is 5.62. The normalized spacial score (nSPS) is 17.4. The highest BCUT2D eigenvalue weighted by Crippen LogP contribution is 2.37. The van der Waals surface area contributed by atoms with Gasteiger partial charge in [0.25, 0.3) is 0 Å². The summed E-state index contributed by atoms with van der Waals surface area (Å²) in [5.74, 6) is 6.97. The van der Waals surface area contributed by atoms with Gasteiger partial charge in [-0.3, -0.25) is 19.1 Å². The number of nitrogens with zero attached hydrogens (tertiary/aromatic N) is 8. The van der Waals surface area contributed by atoms with Crippen LogP contribution in [0.4, 0.5) is 5.82 Å². The topological polar surface area (TPSA) is 113 Å². The van der Waals surface area contributed by atoms with E-state index in [2.05, 4.69) is 49.0 Å². The van der Waals surface area contributed by atoms with Crippen LogP contribution in [0.15, 0.2) is 55.6 Å². The van der Waals surface area contributed by atoms with Crippen LogP contribution in [0.2, 0.25) is 0 Å². The third kappa shape index (κ3) is 4.25. The van der Waals surface area contributed by atoms with Gasteiger partial charge < -0.3 is 10.3 Å². The Morgan fingerprint density at radius 1 is 1.15 bits per heavy atom. The van der Waals surface area contributed by atoms with E-state index in [1.807, 2.05) is 42.5 Å². The number of imidazole rings is 1. The van der Waals surface area contributed by atoms with Crippen molar-refractivity contribution in [3.63, 3.8) is 0 Å². The standard InChI is InChI=1S/C30H29N9O/c1-3-22(40)17-37-13-10-21(16-37)39-29-23(24-11-12-36(2)34-24)15-32-30(31)28(29)25(35-39)8-4-19-5-9-27-26(14-19)33-18-38(27)20-6-7-20/h3,5,9,11-12,14-15,18,20-21H,1,6-7,10,13,16-17H2,2H3,(H2,31,32)/t21-/m0/s1. The number of carbonyl (C=O) groups excluding carboxylic acids is 1. The molecule has 1 atom stereocenters. The first-order valence-electron chi connectivity index (χ1n) is 13.5. The van der Waals surface area contributed by atoms with E-state index >= 15 is 0 Å². The number of fused-ring (bicyclic) bond motifs is 2. The lowest BCUT2D eigenvalue weighted by Crippen LogP contribution is -2.27. The van der Waals surface area contributed by atoms with Gasteiger partial charge in [0.15, 0.2) is 5.78 Å². The van der Waals surface area contributed by atoms with Crippen molar-refractivity contribution in [2.75, 3.05) is 25.4 Å². The van der Waals surface area contributed by atoms with Crippen LogP contribution in [0.1, 0.15) is 42.6 Å². The highest BCUT2D eigenvalue weighted by molar-refractivity contribution is 6.01. The van der Waals surface area contributed by atoms with E-state index in [1.165, 1.54) is 18.9 Å². The number of benzene rings is 1. The summed E-state index contributed by atoms with van der Waals surface area (Å²) in [6.45, 7) is 5.44. The summed E-state index contributed by atoms with van der Waals surface area (Å²) in [6.07, 6.45) is 10.2. The van der Waals surface area contributed by atoms with Crippen molar-refractivity contribution in [1.29, 1.82) is 0 Å². The molecule has 2 aliphatic rings. The Labute approximate surface area is 231 Å². The van der Waals surface area contributed by atoms with E-state index in [1.54, 1.807) is 10.9 Å². The predicted octanol–water partition coefficient (Wildman–Crippen LogP) is 3.50. The molecule has 5 aromatic rings. The van der Waals surface area contributed by atoms with Gasteiger partial charge in [-0.25, -0.2) is 9.97 Å². The molecule has 10 heteroatoms. The van der Waals surface area contributed by atoms with Crippen LogP contribution < -0.4 is 5.73 Å². The molecule has 7 rings (SSSR count). The molecule has 1 aromatic carbocycles. The third-order valence-corrected chi connectivity index (χ3v) is 7.78. The predicted molar refractivity (Wildman–Crippen MR) is 153 cm³/mol. The molecule has 2 fully saturated rings. The highest BCUT2D eigenvalue weighted by atomic mass is 16.1. The maximum atomic E-state index is 12.0. The Morgan fingerprint density at radius 2 is 2.02 bits per heavy atom. The number of nitrogens with two attached hydrogens (primary N) is 1. The molecule has 5 heterocycles. The zero-order valence-electron chi connectivity index (χ0n) is 22.3. The minimum Gasteiger partial charge on any atom is -0.383 e. The summed E-state index contributed by atoms with van der Waals surface area (Å²) in [6, 6.07) is 8.71. The van der Waals surface area contributed by atoms with Crippen LogP contribution >= 0.6 is 0 Å². The molecule has 1 saturated carbocycles. The van der Waals surface area contributed by atoms with E-state index in [0.717, 1.165) is 51.7 Å². The zero-order valence-corrected chi connectivity index (χ0v) is 22.3. The summed E-state index contributed by atoms with van der Waals surface area (Å²) < 4.78 is 6.03. The Hall–Kier alpha value is -4.75. The quantitative estimate of drug-likeness (QED) is 0.264. The molecule has 0 bridgehead atoms. The molecule has 1 aliphatic heterocycles. The van der Waals surface area contributed by atoms with Crippen molar-refractivity contribution in [3.8, 4) is 23.1 Å². The molecule has 0 amide bonds. The third-order valence-electron chi connectivity index (χ3n) is 7.78. The van der Waals surface area contributed by atoms with Gasteiger partial charge in [0.1, 0.15) is 11.5 Å². The SMILES string of the molecule is C=CC(=O)CN1CC[C@H](n2nc(C#Cc3ccc4c(c3)ncn4C3CC3)c3c(N)ncc(-c4ccn(C)n4)c32)C1.